The quantitative estimate of drug-likeness (QED) is 0.809. The Bertz CT molecular complexity index is 615. The Morgan fingerprint density at radius 2 is 2.14 bits per heavy atom. The van der Waals surface area contributed by atoms with Gasteiger partial charge in [0.2, 0.25) is 5.91 Å². The molecule has 0 bridgehead atoms. The van der Waals surface area contributed by atoms with E-state index in [0.717, 1.165) is 11.3 Å². The summed E-state index contributed by atoms with van der Waals surface area (Å²) < 4.78 is 5.27. The van der Waals surface area contributed by atoms with Crippen molar-refractivity contribution < 1.29 is 9.21 Å². The van der Waals surface area contributed by atoms with Gasteiger partial charge in [-0.25, -0.2) is 0 Å². The summed E-state index contributed by atoms with van der Waals surface area (Å²) >= 11 is 11.9. The van der Waals surface area contributed by atoms with Crippen LogP contribution in [-0.2, 0) is 11.2 Å². The van der Waals surface area contributed by atoms with Crippen LogP contribution in [0.4, 0.5) is 0 Å². The summed E-state index contributed by atoms with van der Waals surface area (Å²) in [6.07, 6.45) is 2.28. The van der Waals surface area contributed by atoms with Crippen LogP contribution in [0.2, 0.25) is 10.0 Å². The summed E-state index contributed by atoms with van der Waals surface area (Å²) in [5.74, 6) is 0.740. The zero-order valence-electron chi connectivity index (χ0n) is 12.2. The van der Waals surface area contributed by atoms with Crippen molar-refractivity contribution in [3.8, 4) is 0 Å². The second-order valence-corrected chi connectivity index (χ2v) is 5.80. The van der Waals surface area contributed by atoms with Crippen LogP contribution in [0.1, 0.15) is 24.3 Å². The number of halogens is 2. The van der Waals surface area contributed by atoms with Crippen LogP contribution in [0, 0.1) is 0 Å². The van der Waals surface area contributed by atoms with Gasteiger partial charge in [0.25, 0.3) is 0 Å². The van der Waals surface area contributed by atoms with E-state index in [1.165, 1.54) is 0 Å². The number of rotatable bonds is 7. The number of amides is 1. The molecule has 2 rings (SSSR count). The SMILES string of the molecule is C[C@@H](NCC(=O)NCCc1ccc(Cl)cc1Cl)c1ccco1. The van der Waals surface area contributed by atoms with Gasteiger partial charge in [0, 0.05) is 16.6 Å². The molecule has 1 aromatic carbocycles. The van der Waals surface area contributed by atoms with Gasteiger partial charge in [-0.2, -0.15) is 0 Å². The Morgan fingerprint density at radius 3 is 2.82 bits per heavy atom. The highest BCUT2D eigenvalue weighted by molar-refractivity contribution is 6.35. The predicted molar refractivity (Wildman–Crippen MR) is 88.3 cm³/mol. The molecule has 1 heterocycles. The number of carbonyl (C=O) groups is 1. The summed E-state index contributed by atoms with van der Waals surface area (Å²) in [4.78, 5) is 11.8. The van der Waals surface area contributed by atoms with Gasteiger partial charge in [-0.3, -0.25) is 10.1 Å². The lowest BCUT2D eigenvalue weighted by Crippen LogP contribution is -2.35. The van der Waals surface area contributed by atoms with Gasteiger partial charge in [0.1, 0.15) is 5.76 Å². The third-order valence-corrected chi connectivity index (χ3v) is 3.86. The molecule has 0 radical (unpaired) electrons. The summed E-state index contributed by atoms with van der Waals surface area (Å²) in [7, 11) is 0. The lowest BCUT2D eigenvalue weighted by molar-refractivity contribution is -0.120. The molecule has 1 aromatic heterocycles. The normalized spacial score (nSPS) is 12.1. The molecule has 6 heteroatoms. The second-order valence-electron chi connectivity index (χ2n) is 4.95. The molecule has 1 atom stereocenters. The molecule has 0 unspecified atom stereocenters. The molecule has 0 aliphatic carbocycles. The van der Waals surface area contributed by atoms with Gasteiger partial charge in [-0.1, -0.05) is 29.3 Å². The Balaban J connectivity index is 1.69. The fraction of sp³-hybridized carbons (Fsp3) is 0.312. The standard InChI is InChI=1S/C16H18Cl2N2O2/c1-11(15-3-2-8-22-15)20-10-16(21)19-7-6-12-4-5-13(17)9-14(12)18/h2-5,8-9,11,20H,6-7,10H2,1H3,(H,19,21)/t11-/m1/s1. The van der Waals surface area contributed by atoms with Crippen molar-refractivity contribution in [1.29, 1.82) is 0 Å². The summed E-state index contributed by atoms with van der Waals surface area (Å²) in [5.41, 5.74) is 0.961. The third kappa shape index (κ3) is 5.05. The molecular formula is C16H18Cl2N2O2. The molecule has 2 N–H and O–H groups in total. The lowest BCUT2D eigenvalue weighted by Gasteiger charge is -2.11. The average molecular weight is 341 g/mol. The maximum atomic E-state index is 11.8. The Labute approximate surface area is 139 Å². The van der Waals surface area contributed by atoms with E-state index in [9.17, 15) is 4.79 Å². The van der Waals surface area contributed by atoms with Crippen LogP contribution in [0.5, 0.6) is 0 Å². The van der Waals surface area contributed by atoms with E-state index in [0.29, 0.717) is 23.0 Å². The van der Waals surface area contributed by atoms with Crippen molar-refractivity contribution in [2.24, 2.45) is 0 Å². The maximum absolute atomic E-state index is 11.8. The highest BCUT2D eigenvalue weighted by Gasteiger charge is 2.09. The molecule has 0 saturated carbocycles. The number of hydrogen-bond acceptors (Lipinski definition) is 3. The van der Waals surface area contributed by atoms with Gasteiger partial charge in [-0.15, -0.1) is 0 Å². The highest BCUT2D eigenvalue weighted by atomic mass is 35.5. The van der Waals surface area contributed by atoms with Crippen molar-refractivity contribution >= 4 is 29.1 Å². The van der Waals surface area contributed by atoms with Crippen LogP contribution in [0.3, 0.4) is 0 Å². The Morgan fingerprint density at radius 1 is 1.32 bits per heavy atom. The maximum Gasteiger partial charge on any atom is 0.233 e. The molecule has 0 fully saturated rings. The van der Waals surface area contributed by atoms with Gasteiger partial charge < -0.3 is 9.73 Å². The lowest BCUT2D eigenvalue weighted by atomic mass is 10.1. The number of benzene rings is 1. The van der Waals surface area contributed by atoms with Crippen molar-refractivity contribution in [2.45, 2.75) is 19.4 Å². The predicted octanol–water partition coefficient (Wildman–Crippen LogP) is 3.60. The smallest absolute Gasteiger partial charge is 0.233 e. The number of nitrogens with one attached hydrogen (secondary N) is 2. The molecule has 4 nitrogen and oxygen atoms in total. The van der Waals surface area contributed by atoms with Crippen molar-refractivity contribution in [2.75, 3.05) is 13.1 Å². The molecule has 22 heavy (non-hydrogen) atoms. The third-order valence-electron chi connectivity index (χ3n) is 3.27. The van der Waals surface area contributed by atoms with E-state index < -0.39 is 0 Å². The van der Waals surface area contributed by atoms with Crippen molar-refractivity contribution in [3.05, 3.63) is 58.0 Å². The Hall–Kier alpha value is -1.49. The first kappa shape index (κ1) is 16.9. The van der Waals surface area contributed by atoms with E-state index in [1.54, 1.807) is 18.4 Å². The van der Waals surface area contributed by atoms with E-state index >= 15 is 0 Å². The molecular weight excluding hydrogens is 323 g/mol. The largest absolute Gasteiger partial charge is 0.468 e. The van der Waals surface area contributed by atoms with E-state index in [4.69, 9.17) is 27.6 Å². The highest BCUT2D eigenvalue weighted by Crippen LogP contribution is 2.21. The van der Waals surface area contributed by atoms with E-state index in [-0.39, 0.29) is 18.5 Å². The van der Waals surface area contributed by atoms with E-state index in [1.807, 2.05) is 25.1 Å². The van der Waals surface area contributed by atoms with Gasteiger partial charge in [0.05, 0.1) is 18.8 Å². The number of carbonyl (C=O) groups excluding carboxylic acids is 1. The molecule has 1 amide bonds. The van der Waals surface area contributed by atoms with E-state index in [2.05, 4.69) is 10.6 Å². The van der Waals surface area contributed by atoms with Gasteiger partial charge in [-0.05, 0) is 43.2 Å². The van der Waals surface area contributed by atoms with Crippen molar-refractivity contribution in [1.82, 2.24) is 10.6 Å². The topological polar surface area (TPSA) is 54.3 Å². The fourth-order valence-electron chi connectivity index (χ4n) is 2.01. The first-order chi connectivity index (χ1) is 10.6. The zero-order valence-corrected chi connectivity index (χ0v) is 13.7. The first-order valence-corrected chi connectivity index (χ1v) is 7.79. The summed E-state index contributed by atoms with van der Waals surface area (Å²) in [5, 5.41) is 7.18. The van der Waals surface area contributed by atoms with Crippen LogP contribution in [-0.4, -0.2) is 19.0 Å². The van der Waals surface area contributed by atoms with Crippen LogP contribution in [0.25, 0.3) is 0 Å². The average Bonchev–Trinajstić information content (AvgIpc) is 3.01. The summed E-state index contributed by atoms with van der Waals surface area (Å²) in [6, 6.07) is 9.05. The second kappa shape index (κ2) is 8.22. The van der Waals surface area contributed by atoms with Crippen LogP contribution in [0.15, 0.2) is 41.0 Å². The molecule has 2 aromatic rings. The van der Waals surface area contributed by atoms with Crippen molar-refractivity contribution in [3.63, 3.8) is 0 Å². The molecule has 0 saturated heterocycles. The Kier molecular flexibility index (Phi) is 6.31. The molecule has 0 aliphatic rings. The summed E-state index contributed by atoms with van der Waals surface area (Å²) in [6.45, 7) is 2.70. The zero-order chi connectivity index (χ0) is 15.9. The number of hydrogen-bond donors (Lipinski definition) is 2. The van der Waals surface area contributed by atoms with Crippen LogP contribution >= 0.6 is 23.2 Å². The minimum atomic E-state index is -0.0662. The molecule has 118 valence electrons. The minimum absolute atomic E-state index is 0.00791. The molecule has 0 spiro atoms. The fourth-order valence-corrected chi connectivity index (χ4v) is 2.51. The number of furan rings is 1. The molecule has 0 aliphatic heterocycles. The van der Waals surface area contributed by atoms with Crippen LogP contribution < -0.4 is 10.6 Å². The van der Waals surface area contributed by atoms with Gasteiger partial charge in [0.15, 0.2) is 0 Å². The minimum Gasteiger partial charge on any atom is -0.468 e. The van der Waals surface area contributed by atoms with Gasteiger partial charge >= 0.3 is 0 Å². The monoisotopic (exact) mass is 340 g/mol. The first-order valence-electron chi connectivity index (χ1n) is 7.03.